The third kappa shape index (κ3) is 2.52. The molecule has 23 heavy (non-hydrogen) atoms. The zero-order valence-electron chi connectivity index (χ0n) is 13.0. The van der Waals surface area contributed by atoms with Gasteiger partial charge >= 0.3 is 0 Å². The minimum atomic E-state index is 0.353. The van der Waals surface area contributed by atoms with Crippen molar-refractivity contribution >= 4 is 38.1 Å². The van der Waals surface area contributed by atoms with E-state index in [0.29, 0.717) is 5.41 Å². The van der Waals surface area contributed by atoms with Gasteiger partial charge in [0.1, 0.15) is 5.01 Å². The first kappa shape index (κ1) is 14.4. The minimum Gasteiger partial charge on any atom is -0.330 e. The molecule has 1 aromatic carbocycles. The van der Waals surface area contributed by atoms with E-state index in [-0.39, 0.29) is 0 Å². The van der Waals surface area contributed by atoms with Crippen LogP contribution in [0.1, 0.15) is 43.5 Å². The summed E-state index contributed by atoms with van der Waals surface area (Å²) in [6.07, 6.45) is 8.48. The molecule has 4 aliphatic carbocycles. The summed E-state index contributed by atoms with van der Waals surface area (Å²) in [6.45, 7) is 0. The van der Waals surface area contributed by atoms with Gasteiger partial charge in [0.15, 0.2) is 0 Å². The van der Waals surface area contributed by atoms with E-state index in [2.05, 4.69) is 43.6 Å². The molecule has 3 nitrogen and oxygen atoms in total. The van der Waals surface area contributed by atoms with Crippen molar-refractivity contribution in [1.29, 1.82) is 0 Å². The molecule has 5 heteroatoms. The van der Waals surface area contributed by atoms with E-state index in [1.165, 1.54) is 43.5 Å². The normalized spacial score (nSPS) is 34.7. The van der Waals surface area contributed by atoms with Crippen molar-refractivity contribution in [2.45, 2.75) is 43.9 Å². The van der Waals surface area contributed by atoms with Crippen molar-refractivity contribution in [3.8, 4) is 0 Å². The van der Waals surface area contributed by atoms with Crippen LogP contribution in [0.15, 0.2) is 28.7 Å². The van der Waals surface area contributed by atoms with Crippen LogP contribution in [0.4, 0.5) is 10.8 Å². The Labute approximate surface area is 149 Å². The van der Waals surface area contributed by atoms with Crippen molar-refractivity contribution in [3.63, 3.8) is 0 Å². The molecule has 0 spiro atoms. The molecule has 120 valence electrons. The summed E-state index contributed by atoms with van der Waals surface area (Å²) in [6, 6.07) is 8.22. The lowest BCUT2D eigenvalue weighted by atomic mass is 9.50. The molecule has 1 aromatic heterocycles. The lowest BCUT2D eigenvalue weighted by molar-refractivity contribution is -0.00555. The topological polar surface area (TPSA) is 37.8 Å². The lowest BCUT2D eigenvalue weighted by Gasteiger charge is -2.55. The number of aromatic nitrogens is 2. The van der Waals surface area contributed by atoms with E-state index in [1.54, 1.807) is 11.3 Å². The average molecular weight is 390 g/mol. The quantitative estimate of drug-likeness (QED) is 0.751. The maximum atomic E-state index is 4.62. The molecule has 0 aliphatic heterocycles. The third-order valence-corrected chi connectivity index (χ3v) is 7.63. The average Bonchev–Trinajstić information content (AvgIpc) is 2.98. The summed E-state index contributed by atoms with van der Waals surface area (Å²) in [7, 11) is 0. The first-order valence-electron chi connectivity index (χ1n) is 8.55. The molecule has 4 aliphatic rings. The maximum Gasteiger partial charge on any atom is 0.210 e. The van der Waals surface area contributed by atoms with Crippen molar-refractivity contribution in [2.75, 3.05) is 5.32 Å². The minimum absolute atomic E-state index is 0.353. The van der Waals surface area contributed by atoms with Crippen LogP contribution in [-0.2, 0) is 5.41 Å². The third-order valence-electron chi connectivity index (χ3n) is 6.01. The SMILES string of the molecule is Brc1ccc(Nc2nnc(C34CC5CC(CC(C5)C3)C4)s2)cc1. The maximum absolute atomic E-state index is 4.62. The van der Waals surface area contributed by atoms with Crippen molar-refractivity contribution < 1.29 is 0 Å². The molecule has 6 rings (SSSR count). The van der Waals surface area contributed by atoms with Crippen LogP contribution in [-0.4, -0.2) is 10.2 Å². The van der Waals surface area contributed by atoms with Gasteiger partial charge in [-0.05, 0) is 80.5 Å². The number of hydrogen-bond acceptors (Lipinski definition) is 4. The van der Waals surface area contributed by atoms with Gasteiger partial charge in [-0.3, -0.25) is 0 Å². The Morgan fingerprint density at radius 1 is 0.957 bits per heavy atom. The Bertz CT molecular complexity index is 689. The summed E-state index contributed by atoms with van der Waals surface area (Å²) in [5.41, 5.74) is 1.42. The molecule has 4 saturated carbocycles. The fourth-order valence-corrected chi connectivity index (χ4v) is 6.76. The van der Waals surface area contributed by atoms with E-state index in [4.69, 9.17) is 0 Å². The molecule has 1 N–H and O–H groups in total. The van der Waals surface area contributed by atoms with Crippen LogP contribution in [0.3, 0.4) is 0 Å². The summed E-state index contributed by atoms with van der Waals surface area (Å²) in [4.78, 5) is 0. The van der Waals surface area contributed by atoms with Gasteiger partial charge in [-0.1, -0.05) is 27.3 Å². The summed E-state index contributed by atoms with van der Waals surface area (Å²) in [5, 5.41) is 14.7. The zero-order valence-corrected chi connectivity index (χ0v) is 15.4. The molecule has 0 saturated heterocycles. The van der Waals surface area contributed by atoms with Gasteiger partial charge in [0.05, 0.1) is 0 Å². The van der Waals surface area contributed by atoms with E-state index >= 15 is 0 Å². The summed E-state index contributed by atoms with van der Waals surface area (Å²) < 4.78 is 1.09. The van der Waals surface area contributed by atoms with E-state index < -0.39 is 0 Å². The van der Waals surface area contributed by atoms with E-state index in [9.17, 15) is 0 Å². The van der Waals surface area contributed by atoms with E-state index in [0.717, 1.165) is 33.0 Å². The number of rotatable bonds is 3. The second-order valence-electron chi connectivity index (χ2n) is 7.74. The molecule has 0 unspecified atom stereocenters. The number of halogens is 1. The zero-order chi connectivity index (χ0) is 15.4. The van der Waals surface area contributed by atoms with Crippen LogP contribution in [0.25, 0.3) is 0 Å². The van der Waals surface area contributed by atoms with Gasteiger partial charge < -0.3 is 5.32 Å². The van der Waals surface area contributed by atoms with Crippen molar-refractivity contribution in [1.82, 2.24) is 10.2 Å². The largest absolute Gasteiger partial charge is 0.330 e. The fourth-order valence-electron chi connectivity index (χ4n) is 5.52. The van der Waals surface area contributed by atoms with Crippen LogP contribution >= 0.6 is 27.3 Å². The predicted octanol–water partition coefficient (Wildman–Crippen LogP) is 5.51. The van der Waals surface area contributed by atoms with Crippen molar-refractivity contribution in [3.05, 3.63) is 33.7 Å². The molecule has 4 bridgehead atoms. The van der Waals surface area contributed by atoms with Crippen LogP contribution in [0.2, 0.25) is 0 Å². The second kappa shape index (κ2) is 5.28. The van der Waals surface area contributed by atoms with Gasteiger partial charge in [0, 0.05) is 15.6 Å². The molecule has 0 radical (unpaired) electrons. The van der Waals surface area contributed by atoms with Gasteiger partial charge in [-0.15, -0.1) is 10.2 Å². The van der Waals surface area contributed by atoms with Crippen LogP contribution in [0, 0.1) is 17.8 Å². The number of nitrogens with zero attached hydrogens (tertiary/aromatic N) is 2. The van der Waals surface area contributed by atoms with Gasteiger partial charge in [-0.25, -0.2) is 0 Å². The molecule has 2 aromatic rings. The van der Waals surface area contributed by atoms with Gasteiger partial charge in [-0.2, -0.15) is 0 Å². The number of benzene rings is 1. The molecular weight excluding hydrogens is 370 g/mol. The number of hydrogen-bond donors (Lipinski definition) is 1. The lowest BCUT2D eigenvalue weighted by Crippen LogP contribution is -2.48. The predicted molar refractivity (Wildman–Crippen MR) is 97.2 cm³/mol. The molecule has 0 amide bonds. The smallest absolute Gasteiger partial charge is 0.210 e. The highest BCUT2D eigenvalue weighted by molar-refractivity contribution is 9.10. The molecule has 1 heterocycles. The highest BCUT2D eigenvalue weighted by atomic mass is 79.9. The fraction of sp³-hybridized carbons (Fsp3) is 0.556. The molecule has 0 atom stereocenters. The van der Waals surface area contributed by atoms with Gasteiger partial charge in [0.25, 0.3) is 0 Å². The first-order valence-corrected chi connectivity index (χ1v) is 10.2. The Morgan fingerprint density at radius 3 is 2.17 bits per heavy atom. The van der Waals surface area contributed by atoms with Crippen LogP contribution < -0.4 is 5.32 Å². The Kier molecular flexibility index (Phi) is 3.31. The number of anilines is 2. The summed E-state index contributed by atoms with van der Waals surface area (Å²) >= 11 is 5.25. The molecular formula is C18H20BrN3S. The Morgan fingerprint density at radius 2 is 1.57 bits per heavy atom. The molecule has 4 fully saturated rings. The van der Waals surface area contributed by atoms with Crippen molar-refractivity contribution in [2.24, 2.45) is 17.8 Å². The monoisotopic (exact) mass is 389 g/mol. The highest BCUT2D eigenvalue weighted by Crippen LogP contribution is 2.61. The summed E-state index contributed by atoms with van der Waals surface area (Å²) in [5.74, 6) is 2.86. The van der Waals surface area contributed by atoms with E-state index in [1.807, 2.05) is 12.1 Å². The number of nitrogens with one attached hydrogen (secondary N) is 1. The standard InChI is InChI=1S/C18H20BrN3S/c19-14-1-3-15(4-2-14)20-17-22-21-16(23-17)18-8-11-5-12(9-18)7-13(6-11)10-18/h1-4,11-13H,5-10H2,(H,20,22). The van der Waals surface area contributed by atoms with Gasteiger partial charge in [0.2, 0.25) is 5.13 Å². The Hall–Kier alpha value is -0.940. The van der Waals surface area contributed by atoms with Crippen LogP contribution in [0.5, 0.6) is 0 Å². The first-order chi connectivity index (χ1) is 11.2. The Balaban J connectivity index is 1.40. The second-order valence-corrected chi connectivity index (χ2v) is 9.64. The highest BCUT2D eigenvalue weighted by Gasteiger charge is 2.53.